The lowest BCUT2D eigenvalue weighted by Gasteiger charge is -2.38. The number of hydrogen-bond donors (Lipinski definition) is 1. The molecule has 6 heteroatoms. The Kier molecular flexibility index (Phi) is 4.81. The van der Waals surface area contributed by atoms with Crippen LogP contribution in [0.5, 0.6) is 5.75 Å². The molecule has 1 aromatic heterocycles. The van der Waals surface area contributed by atoms with E-state index in [0.717, 1.165) is 43.3 Å². The first-order valence-corrected chi connectivity index (χ1v) is 9.28. The summed E-state index contributed by atoms with van der Waals surface area (Å²) in [6.45, 7) is 5.83. The molecule has 2 aromatic carbocycles. The standard InChI is InChI=1S/C21H24N4O2/c1-15(20-22-19-6-4-3-5-18(19)21(26)23-20)24-11-13-25(14-12-24)16-7-9-17(27-2)10-8-16/h3-10,15H,11-14H2,1-2H3,(H,22,23,26)/t15-/m0/s1. The fourth-order valence-corrected chi connectivity index (χ4v) is 3.64. The number of nitrogens with zero attached hydrogens (tertiary/aromatic N) is 3. The number of piperazine rings is 1. The van der Waals surface area contributed by atoms with Gasteiger partial charge < -0.3 is 14.6 Å². The summed E-state index contributed by atoms with van der Waals surface area (Å²) in [5.74, 6) is 1.61. The van der Waals surface area contributed by atoms with E-state index < -0.39 is 0 Å². The first-order valence-electron chi connectivity index (χ1n) is 9.28. The molecule has 0 saturated carbocycles. The van der Waals surface area contributed by atoms with Crippen LogP contribution in [0, 0.1) is 0 Å². The summed E-state index contributed by atoms with van der Waals surface area (Å²) >= 11 is 0. The highest BCUT2D eigenvalue weighted by molar-refractivity contribution is 5.77. The molecule has 0 radical (unpaired) electrons. The summed E-state index contributed by atoms with van der Waals surface area (Å²) in [5.41, 5.74) is 1.89. The Bertz CT molecular complexity index is 975. The third kappa shape index (κ3) is 3.53. The molecule has 1 N–H and O–H groups in total. The normalized spacial score (nSPS) is 16.4. The molecule has 3 aromatic rings. The van der Waals surface area contributed by atoms with Crippen LogP contribution in [0.4, 0.5) is 5.69 Å². The Morgan fingerprint density at radius 3 is 2.44 bits per heavy atom. The molecule has 0 amide bonds. The molecular weight excluding hydrogens is 340 g/mol. The largest absolute Gasteiger partial charge is 0.497 e. The quantitative estimate of drug-likeness (QED) is 0.771. The first-order chi connectivity index (χ1) is 13.2. The Labute approximate surface area is 158 Å². The Morgan fingerprint density at radius 1 is 1.04 bits per heavy atom. The first kappa shape index (κ1) is 17.5. The van der Waals surface area contributed by atoms with E-state index in [-0.39, 0.29) is 11.6 Å². The summed E-state index contributed by atoms with van der Waals surface area (Å²) in [6, 6.07) is 15.7. The van der Waals surface area contributed by atoms with E-state index in [0.29, 0.717) is 5.39 Å². The van der Waals surface area contributed by atoms with Crippen molar-refractivity contribution in [2.24, 2.45) is 0 Å². The average Bonchev–Trinajstić information content (AvgIpc) is 2.73. The molecule has 0 bridgehead atoms. The zero-order valence-electron chi connectivity index (χ0n) is 15.7. The van der Waals surface area contributed by atoms with E-state index >= 15 is 0 Å². The Balaban J connectivity index is 1.46. The number of nitrogens with one attached hydrogen (secondary N) is 1. The van der Waals surface area contributed by atoms with Crippen molar-refractivity contribution in [1.82, 2.24) is 14.9 Å². The predicted octanol–water partition coefficient (Wildman–Crippen LogP) is 2.81. The maximum absolute atomic E-state index is 12.3. The van der Waals surface area contributed by atoms with E-state index in [1.54, 1.807) is 7.11 Å². The minimum atomic E-state index is -0.0701. The second-order valence-electron chi connectivity index (χ2n) is 6.87. The van der Waals surface area contributed by atoms with Crippen molar-refractivity contribution in [2.45, 2.75) is 13.0 Å². The molecule has 1 atom stereocenters. The smallest absolute Gasteiger partial charge is 0.258 e. The van der Waals surface area contributed by atoms with E-state index in [1.165, 1.54) is 5.69 Å². The van der Waals surface area contributed by atoms with Gasteiger partial charge in [0.2, 0.25) is 0 Å². The zero-order valence-corrected chi connectivity index (χ0v) is 15.7. The topological polar surface area (TPSA) is 61.5 Å². The number of aromatic nitrogens is 2. The summed E-state index contributed by atoms with van der Waals surface area (Å²) in [5, 5.41) is 0.637. The highest BCUT2D eigenvalue weighted by atomic mass is 16.5. The second-order valence-corrected chi connectivity index (χ2v) is 6.87. The number of methoxy groups -OCH3 is 1. The lowest BCUT2D eigenvalue weighted by molar-refractivity contribution is 0.192. The average molecular weight is 364 g/mol. The number of hydrogen-bond acceptors (Lipinski definition) is 5. The van der Waals surface area contributed by atoms with Crippen molar-refractivity contribution in [3.8, 4) is 5.75 Å². The van der Waals surface area contributed by atoms with Crippen molar-refractivity contribution < 1.29 is 4.74 Å². The fourth-order valence-electron chi connectivity index (χ4n) is 3.64. The van der Waals surface area contributed by atoms with Crippen LogP contribution in [0.1, 0.15) is 18.8 Å². The molecule has 27 heavy (non-hydrogen) atoms. The molecule has 140 valence electrons. The number of fused-ring (bicyclic) bond motifs is 1. The van der Waals surface area contributed by atoms with Gasteiger partial charge in [-0.2, -0.15) is 0 Å². The van der Waals surface area contributed by atoms with Crippen LogP contribution in [0.3, 0.4) is 0 Å². The zero-order chi connectivity index (χ0) is 18.8. The SMILES string of the molecule is COc1ccc(N2CCN([C@@H](C)c3nc4ccccc4c(=O)[nH]3)CC2)cc1. The van der Waals surface area contributed by atoms with Crippen LogP contribution in [0.2, 0.25) is 0 Å². The van der Waals surface area contributed by atoms with Crippen LogP contribution < -0.4 is 15.2 Å². The third-order valence-corrected chi connectivity index (χ3v) is 5.33. The fraction of sp³-hybridized carbons (Fsp3) is 0.333. The van der Waals surface area contributed by atoms with Crippen LogP contribution in [0.25, 0.3) is 10.9 Å². The van der Waals surface area contributed by atoms with Gasteiger partial charge in [0.05, 0.1) is 24.1 Å². The lowest BCUT2D eigenvalue weighted by Crippen LogP contribution is -2.47. The van der Waals surface area contributed by atoms with Gasteiger partial charge in [0, 0.05) is 31.9 Å². The van der Waals surface area contributed by atoms with Crippen molar-refractivity contribution in [3.63, 3.8) is 0 Å². The Morgan fingerprint density at radius 2 is 1.74 bits per heavy atom. The third-order valence-electron chi connectivity index (χ3n) is 5.33. The van der Waals surface area contributed by atoms with Crippen molar-refractivity contribution >= 4 is 16.6 Å². The second kappa shape index (κ2) is 7.40. The van der Waals surface area contributed by atoms with Crippen molar-refractivity contribution in [1.29, 1.82) is 0 Å². The number of H-pyrrole nitrogens is 1. The van der Waals surface area contributed by atoms with Gasteiger partial charge in [0.25, 0.3) is 5.56 Å². The molecule has 1 aliphatic rings. The highest BCUT2D eigenvalue weighted by Crippen LogP contribution is 2.24. The number of benzene rings is 2. The number of para-hydroxylation sites is 1. The predicted molar refractivity (Wildman–Crippen MR) is 108 cm³/mol. The van der Waals surface area contributed by atoms with Gasteiger partial charge in [-0.1, -0.05) is 12.1 Å². The van der Waals surface area contributed by atoms with Gasteiger partial charge >= 0.3 is 0 Å². The highest BCUT2D eigenvalue weighted by Gasteiger charge is 2.24. The van der Waals surface area contributed by atoms with Gasteiger partial charge in [-0.25, -0.2) is 4.98 Å². The monoisotopic (exact) mass is 364 g/mol. The van der Waals surface area contributed by atoms with Crippen LogP contribution in [0.15, 0.2) is 53.3 Å². The number of ether oxygens (including phenoxy) is 1. The summed E-state index contributed by atoms with van der Waals surface area (Å²) in [4.78, 5) is 24.7. The molecule has 0 unspecified atom stereocenters. The molecular formula is C21H24N4O2. The maximum atomic E-state index is 12.3. The molecule has 1 aliphatic heterocycles. The number of aromatic amines is 1. The summed E-state index contributed by atoms with van der Waals surface area (Å²) in [6.07, 6.45) is 0. The van der Waals surface area contributed by atoms with Crippen molar-refractivity contribution in [2.75, 3.05) is 38.2 Å². The molecule has 1 fully saturated rings. The molecule has 1 saturated heterocycles. The van der Waals surface area contributed by atoms with E-state index in [2.05, 4.69) is 38.8 Å². The van der Waals surface area contributed by atoms with Gasteiger partial charge in [-0.3, -0.25) is 9.69 Å². The van der Waals surface area contributed by atoms with Gasteiger partial charge in [-0.15, -0.1) is 0 Å². The molecule has 0 aliphatic carbocycles. The molecule has 6 nitrogen and oxygen atoms in total. The van der Waals surface area contributed by atoms with Crippen molar-refractivity contribution in [3.05, 3.63) is 64.7 Å². The van der Waals surface area contributed by atoms with Gasteiger partial charge in [0.15, 0.2) is 0 Å². The maximum Gasteiger partial charge on any atom is 0.258 e. The summed E-state index contributed by atoms with van der Waals surface area (Å²) in [7, 11) is 1.68. The van der Waals surface area contributed by atoms with E-state index in [1.807, 2.05) is 36.4 Å². The van der Waals surface area contributed by atoms with Crippen LogP contribution in [-0.4, -0.2) is 48.2 Å². The van der Waals surface area contributed by atoms with Gasteiger partial charge in [-0.05, 0) is 43.3 Å². The molecule has 2 heterocycles. The number of anilines is 1. The van der Waals surface area contributed by atoms with E-state index in [9.17, 15) is 4.79 Å². The van der Waals surface area contributed by atoms with Gasteiger partial charge in [0.1, 0.15) is 11.6 Å². The molecule has 0 spiro atoms. The lowest BCUT2D eigenvalue weighted by atomic mass is 10.1. The summed E-state index contributed by atoms with van der Waals surface area (Å²) < 4.78 is 5.23. The minimum absolute atomic E-state index is 0.0697. The number of rotatable bonds is 4. The van der Waals surface area contributed by atoms with Crippen LogP contribution in [-0.2, 0) is 0 Å². The van der Waals surface area contributed by atoms with Crippen LogP contribution >= 0.6 is 0 Å². The minimum Gasteiger partial charge on any atom is -0.497 e. The van der Waals surface area contributed by atoms with E-state index in [4.69, 9.17) is 4.74 Å². The molecule has 4 rings (SSSR count). The Hall–Kier alpha value is -2.86.